The molecule has 15 heteroatoms. The van der Waals surface area contributed by atoms with Crippen LogP contribution >= 0.6 is 0 Å². The Morgan fingerprint density at radius 3 is 2.29 bits per heavy atom. The highest BCUT2D eigenvalue weighted by molar-refractivity contribution is 7.89. The zero-order valence-corrected chi connectivity index (χ0v) is 23.4. The lowest BCUT2D eigenvalue weighted by Gasteiger charge is -2.51. The minimum atomic E-state index is -4.67. The van der Waals surface area contributed by atoms with Crippen molar-refractivity contribution in [2.45, 2.75) is 62.7 Å². The van der Waals surface area contributed by atoms with Gasteiger partial charge in [-0.15, -0.1) is 0 Å². The van der Waals surface area contributed by atoms with Crippen LogP contribution in [0.15, 0.2) is 47.4 Å². The van der Waals surface area contributed by atoms with E-state index in [9.17, 15) is 32.9 Å². The van der Waals surface area contributed by atoms with Crippen molar-refractivity contribution < 1.29 is 51.4 Å². The van der Waals surface area contributed by atoms with E-state index >= 15 is 0 Å². The quantitative estimate of drug-likeness (QED) is 0.189. The van der Waals surface area contributed by atoms with E-state index in [1.54, 1.807) is 18.2 Å². The third-order valence-electron chi connectivity index (χ3n) is 6.68. The summed E-state index contributed by atoms with van der Waals surface area (Å²) in [6, 6.07) is 8.34. The van der Waals surface area contributed by atoms with Crippen molar-refractivity contribution in [1.29, 1.82) is 0 Å². The highest BCUT2D eigenvalue weighted by Crippen LogP contribution is 2.46. The molecule has 14 nitrogen and oxygen atoms in total. The number of nitro groups is 1. The molecule has 4 rings (SSSR count). The topological polar surface area (TPSA) is 178 Å². The molecule has 2 aromatic rings. The number of hydrogen-bond acceptors (Lipinski definition) is 12. The van der Waals surface area contributed by atoms with Gasteiger partial charge in [-0.05, 0) is 29.3 Å². The fourth-order valence-corrected chi connectivity index (χ4v) is 6.84. The van der Waals surface area contributed by atoms with Gasteiger partial charge in [0.05, 0.1) is 18.1 Å². The van der Waals surface area contributed by atoms with E-state index in [1.807, 2.05) is 0 Å². The molecule has 5 atom stereocenters. The number of nitro benzene ring substituents is 1. The Hall–Kier alpha value is -4.08. The summed E-state index contributed by atoms with van der Waals surface area (Å²) in [5.74, 6) is -1.86. The first kappa shape index (κ1) is 29.9. The molecule has 0 aliphatic carbocycles. The number of methoxy groups -OCH3 is 1. The molecule has 220 valence electrons. The van der Waals surface area contributed by atoms with Crippen LogP contribution in [0.1, 0.15) is 38.0 Å². The van der Waals surface area contributed by atoms with Crippen molar-refractivity contribution in [3.8, 4) is 5.75 Å². The molecule has 0 spiro atoms. The summed E-state index contributed by atoms with van der Waals surface area (Å²) in [7, 11) is -3.23. The van der Waals surface area contributed by atoms with Crippen LogP contribution in [-0.2, 0) is 49.9 Å². The number of carbonyl (C=O) groups is 3. The van der Waals surface area contributed by atoms with Crippen LogP contribution in [-0.4, -0.2) is 73.6 Å². The molecule has 41 heavy (non-hydrogen) atoms. The van der Waals surface area contributed by atoms with Crippen molar-refractivity contribution in [3.63, 3.8) is 0 Å². The van der Waals surface area contributed by atoms with Crippen LogP contribution < -0.4 is 4.74 Å². The highest BCUT2D eigenvalue weighted by Gasteiger charge is 2.57. The van der Waals surface area contributed by atoms with Gasteiger partial charge in [0, 0.05) is 33.4 Å². The first-order chi connectivity index (χ1) is 19.3. The Kier molecular flexibility index (Phi) is 8.60. The van der Waals surface area contributed by atoms with E-state index in [-0.39, 0.29) is 6.54 Å². The lowest BCUT2D eigenvalue weighted by molar-refractivity contribution is -0.387. The van der Waals surface area contributed by atoms with E-state index in [0.717, 1.165) is 37.2 Å². The smallest absolute Gasteiger partial charge is 0.303 e. The van der Waals surface area contributed by atoms with Gasteiger partial charge in [-0.2, -0.15) is 4.31 Å². The molecule has 0 bridgehead atoms. The second-order valence-corrected chi connectivity index (χ2v) is 11.2. The molecular formula is C26H28N2O12S. The van der Waals surface area contributed by atoms with Crippen LogP contribution in [0.4, 0.5) is 5.69 Å². The number of ether oxygens (including phenoxy) is 5. The van der Waals surface area contributed by atoms with Gasteiger partial charge in [0.2, 0.25) is 0 Å². The Labute approximate surface area is 235 Å². The average Bonchev–Trinajstić information content (AvgIpc) is 2.91. The predicted octanol–water partition coefficient (Wildman–Crippen LogP) is 2.04. The summed E-state index contributed by atoms with van der Waals surface area (Å²) in [5.41, 5.74) is 0.303. The molecule has 2 heterocycles. The molecule has 0 N–H and O–H groups in total. The maximum absolute atomic E-state index is 14.2. The van der Waals surface area contributed by atoms with Crippen molar-refractivity contribution in [2.24, 2.45) is 0 Å². The van der Waals surface area contributed by atoms with Gasteiger partial charge in [-0.25, -0.2) is 8.42 Å². The van der Waals surface area contributed by atoms with Crippen LogP contribution in [0, 0.1) is 10.1 Å². The van der Waals surface area contributed by atoms with Crippen LogP contribution in [0.5, 0.6) is 5.75 Å². The van der Waals surface area contributed by atoms with E-state index in [1.165, 1.54) is 19.2 Å². The second kappa shape index (κ2) is 11.8. The Morgan fingerprint density at radius 2 is 1.68 bits per heavy atom. The number of benzene rings is 2. The number of esters is 3. The van der Waals surface area contributed by atoms with Gasteiger partial charge in [0.15, 0.2) is 17.1 Å². The molecular weight excluding hydrogens is 564 g/mol. The van der Waals surface area contributed by atoms with Crippen molar-refractivity contribution in [2.75, 3.05) is 13.7 Å². The maximum atomic E-state index is 14.2. The number of rotatable bonds is 8. The fraction of sp³-hybridized carbons (Fsp3) is 0.423. The highest BCUT2D eigenvalue weighted by atomic mass is 32.2. The molecule has 2 aromatic carbocycles. The van der Waals surface area contributed by atoms with E-state index < -0.39 is 80.5 Å². The average molecular weight is 593 g/mol. The molecule has 2 aliphatic rings. The predicted molar refractivity (Wildman–Crippen MR) is 138 cm³/mol. The first-order valence-corrected chi connectivity index (χ1v) is 13.8. The lowest BCUT2D eigenvalue weighted by atomic mass is 9.84. The summed E-state index contributed by atoms with van der Waals surface area (Å²) >= 11 is 0. The summed E-state index contributed by atoms with van der Waals surface area (Å²) in [5, 5.41) is 11.8. The Balaban J connectivity index is 1.95. The molecule has 0 aromatic heterocycles. The maximum Gasteiger partial charge on any atom is 0.303 e. The van der Waals surface area contributed by atoms with E-state index in [4.69, 9.17) is 23.7 Å². The van der Waals surface area contributed by atoms with Crippen LogP contribution in [0.3, 0.4) is 0 Å². The van der Waals surface area contributed by atoms with Crippen LogP contribution in [0.25, 0.3) is 0 Å². The van der Waals surface area contributed by atoms with Crippen molar-refractivity contribution in [1.82, 2.24) is 4.31 Å². The minimum absolute atomic E-state index is 0.294. The van der Waals surface area contributed by atoms with Gasteiger partial charge >= 0.3 is 17.9 Å². The lowest BCUT2D eigenvalue weighted by Crippen LogP contribution is -2.65. The number of para-hydroxylation sites is 1. The number of fused-ring (bicyclic) bond motifs is 3. The van der Waals surface area contributed by atoms with Crippen molar-refractivity contribution >= 4 is 33.6 Å². The van der Waals surface area contributed by atoms with Crippen LogP contribution in [0.2, 0.25) is 0 Å². The third kappa shape index (κ3) is 6.01. The van der Waals surface area contributed by atoms with Crippen molar-refractivity contribution in [3.05, 3.63) is 63.7 Å². The van der Waals surface area contributed by atoms with E-state index in [2.05, 4.69) is 0 Å². The molecule has 2 aliphatic heterocycles. The second-order valence-electron chi connectivity index (χ2n) is 9.38. The third-order valence-corrected chi connectivity index (χ3v) is 8.57. The van der Waals surface area contributed by atoms with Gasteiger partial charge in [0.25, 0.3) is 15.7 Å². The molecule has 1 saturated heterocycles. The fourth-order valence-electron chi connectivity index (χ4n) is 5.07. The summed E-state index contributed by atoms with van der Waals surface area (Å²) < 4.78 is 57.2. The van der Waals surface area contributed by atoms with Gasteiger partial charge in [0.1, 0.15) is 24.6 Å². The first-order valence-electron chi connectivity index (χ1n) is 12.4. The molecule has 0 amide bonds. The Bertz CT molecular complexity index is 1480. The monoisotopic (exact) mass is 592 g/mol. The number of sulfonamides is 1. The molecule has 0 saturated carbocycles. The molecule has 1 fully saturated rings. The summed E-state index contributed by atoms with van der Waals surface area (Å²) in [6.07, 6.45) is -5.22. The largest absolute Gasteiger partial charge is 0.497 e. The van der Waals surface area contributed by atoms with Gasteiger partial charge < -0.3 is 23.7 Å². The minimum Gasteiger partial charge on any atom is -0.497 e. The van der Waals surface area contributed by atoms with Gasteiger partial charge in [-0.3, -0.25) is 24.5 Å². The zero-order chi connectivity index (χ0) is 30.1. The normalized spacial score (nSPS) is 23.9. The number of hydrogen-bond donors (Lipinski definition) is 0. The zero-order valence-electron chi connectivity index (χ0n) is 22.5. The van der Waals surface area contributed by atoms with E-state index in [0.29, 0.717) is 16.9 Å². The number of nitrogens with zero attached hydrogens (tertiary/aromatic N) is 2. The Morgan fingerprint density at radius 1 is 1.02 bits per heavy atom. The molecule has 0 unspecified atom stereocenters. The molecule has 0 radical (unpaired) electrons. The van der Waals surface area contributed by atoms with Gasteiger partial charge in [-0.1, -0.05) is 18.2 Å². The summed E-state index contributed by atoms with van der Waals surface area (Å²) in [6.45, 7) is 2.65. The summed E-state index contributed by atoms with van der Waals surface area (Å²) in [4.78, 5) is 46.5. The SMILES string of the molecule is COc1ccc2c(c1)[C@H]1O[C@H](COC(C)=O)[C@@H](OC(C)=O)[C@H](OC(C)=O)[C@H]1N(S(=O)(=O)c1ccccc1[N+](=O)[O-])C2. The number of carbonyl (C=O) groups excluding carboxylic acids is 3. The standard InChI is InChI=1S/C26H28N2O12S/c1-14(29)37-13-21-25(38-15(2)30)26(39-16(3)31)23-24(40-21)19-11-18(36-4)10-9-17(19)12-27(23)41(34,35)22-8-6-5-7-20(22)28(32)33/h5-11,21,23-26H,12-13H2,1-4H3/t21-,23+,24-,25-,26-/m1/s1.